The quantitative estimate of drug-likeness (QED) is 0.825. The van der Waals surface area contributed by atoms with E-state index in [1.165, 1.54) is 35.6 Å². The second-order valence-corrected chi connectivity index (χ2v) is 8.17. The number of halogens is 3. The molecule has 0 atom stereocenters. The minimum absolute atomic E-state index is 0.0549. The fourth-order valence-corrected chi connectivity index (χ4v) is 3.54. The first kappa shape index (κ1) is 20.9. The molecular weight excluding hydrogens is 381 g/mol. The van der Waals surface area contributed by atoms with Gasteiger partial charge in [0, 0.05) is 24.3 Å². The highest BCUT2D eigenvalue weighted by Gasteiger charge is 2.30. The molecular formula is C18H19F3N2O3S. The van der Waals surface area contributed by atoms with Crippen LogP contribution in [0.5, 0.6) is 0 Å². The lowest BCUT2D eigenvalue weighted by Gasteiger charge is -2.21. The third kappa shape index (κ3) is 4.86. The number of nitrogens with one attached hydrogen (secondary N) is 1. The minimum atomic E-state index is -4.47. The first-order chi connectivity index (χ1) is 12.4. The van der Waals surface area contributed by atoms with E-state index < -0.39 is 27.7 Å². The largest absolute Gasteiger partial charge is 0.416 e. The number of sulfonamides is 1. The second-order valence-electron chi connectivity index (χ2n) is 6.17. The van der Waals surface area contributed by atoms with Crippen molar-refractivity contribution in [2.45, 2.75) is 31.0 Å². The van der Waals surface area contributed by atoms with Crippen LogP contribution in [0.15, 0.2) is 53.4 Å². The third-order valence-electron chi connectivity index (χ3n) is 3.99. The topological polar surface area (TPSA) is 66.5 Å². The van der Waals surface area contributed by atoms with Crippen LogP contribution in [0.4, 0.5) is 18.9 Å². The second kappa shape index (κ2) is 7.69. The van der Waals surface area contributed by atoms with Gasteiger partial charge < -0.3 is 5.32 Å². The molecule has 0 spiro atoms. The van der Waals surface area contributed by atoms with Gasteiger partial charge in [-0.2, -0.15) is 17.5 Å². The van der Waals surface area contributed by atoms with Crippen molar-refractivity contribution in [2.75, 3.05) is 12.4 Å². The van der Waals surface area contributed by atoms with Crippen LogP contribution in [-0.2, 0) is 16.2 Å². The highest BCUT2D eigenvalue weighted by molar-refractivity contribution is 7.89. The van der Waals surface area contributed by atoms with Gasteiger partial charge in [0.15, 0.2) is 0 Å². The molecule has 1 N–H and O–H groups in total. The van der Waals surface area contributed by atoms with Crippen LogP contribution in [0.25, 0.3) is 0 Å². The maximum Gasteiger partial charge on any atom is 0.416 e. The van der Waals surface area contributed by atoms with Crippen LogP contribution in [0.2, 0.25) is 0 Å². The Balaban J connectivity index is 2.13. The number of hydrogen-bond donors (Lipinski definition) is 1. The Labute approximate surface area is 155 Å². The summed E-state index contributed by atoms with van der Waals surface area (Å²) in [6.45, 7) is 3.49. The van der Waals surface area contributed by atoms with Crippen LogP contribution in [-0.4, -0.2) is 31.7 Å². The van der Waals surface area contributed by atoms with Gasteiger partial charge in [0.1, 0.15) is 0 Å². The number of rotatable bonds is 5. The number of carbonyl (C=O) groups excluding carboxylic acids is 1. The molecule has 0 aromatic heterocycles. The fourth-order valence-electron chi connectivity index (χ4n) is 2.17. The van der Waals surface area contributed by atoms with Gasteiger partial charge in [0.05, 0.1) is 10.5 Å². The number of amides is 1. The summed E-state index contributed by atoms with van der Waals surface area (Å²) in [6, 6.07) is 9.15. The fraction of sp³-hybridized carbons (Fsp3) is 0.278. The van der Waals surface area contributed by atoms with Crippen LogP contribution < -0.4 is 5.32 Å². The molecule has 0 heterocycles. The molecule has 2 aromatic rings. The van der Waals surface area contributed by atoms with Crippen molar-refractivity contribution in [3.63, 3.8) is 0 Å². The number of anilines is 1. The predicted molar refractivity (Wildman–Crippen MR) is 95.9 cm³/mol. The number of nitrogens with zero attached hydrogens (tertiary/aromatic N) is 1. The Morgan fingerprint density at radius 3 is 1.96 bits per heavy atom. The summed E-state index contributed by atoms with van der Waals surface area (Å²) >= 11 is 0. The van der Waals surface area contributed by atoms with Gasteiger partial charge in [-0.15, -0.1) is 0 Å². The Hall–Kier alpha value is -2.39. The molecule has 27 heavy (non-hydrogen) atoms. The zero-order chi connectivity index (χ0) is 20.4. The van der Waals surface area contributed by atoms with Crippen molar-refractivity contribution in [2.24, 2.45) is 0 Å². The van der Waals surface area contributed by atoms with Crippen molar-refractivity contribution in [3.05, 3.63) is 59.7 Å². The Bertz CT molecular complexity index is 906. The maximum absolute atomic E-state index is 12.6. The monoisotopic (exact) mass is 400 g/mol. The highest BCUT2D eigenvalue weighted by atomic mass is 32.2. The molecule has 2 rings (SSSR count). The SMILES string of the molecule is CC(C)N(C)S(=O)(=O)c1ccc(NC(=O)c2ccc(C(F)(F)F)cc2)cc1. The average Bonchev–Trinajstić information content (AvgIpc) is 2.60. The molecule has 1 amide bonds. The summed E-state index contributed by atoms with van der Waals surface area (Å²) in [5, 5.41) is 2.52. The average molecular weight is 400 g/mol. The number of alkyl halides is 3. The van der Waals surface area contributed by atoms with E-state index in [0.717, 1.165) is 24.3 Å². The van der Waals surface area contributed by atoms with Gasteiger partial charge in [0.2, 0.25) is 10.0 Å². The Kier molecular flexibility index (Phi) is 5.96. The zero-order valence-corrected chi connectivity index (χ0v) is 15.7. The van der Waals surface area contributed by atoms with Crippen LogP contribution in [0.3, 0.4) is 0 Å². The van der Waals surface area contributed by atoms with Crippen LogP contribution >= 0.6 is 0 Å². The smallest absolute Gasteiger partial charge is 0.322 e. The van der Waals surface area contributed by atoms with E-state index in [4.69, 9.17) is 0 Å². The van der Waals surface area contributed by atoms with Gasteiger partial charge in [-0.1, -0.05) is 0 Å². The van der Waals surface area contributed by atoms with E-state index in [1.54, 1.807) is 13.8 Å². The van der Waals surface area contributed by atoms with Gasteiger partial charge >= 0.3 is 6.18 Å². The maximum atomic E-state index is 12.6. The normalized spacial score (nSPS) is 12.4. The Morgan fingerprint density at radius 2 is 1.52 bits per heavy atom. The summed E-state index contributed by atoms with van der Waals surface area (Å²) in [4.78, 5) is 12.2. The van der Waals surface area contributed by atoms with E-state index in [9.17, 15) is 26.4 Å². The third-order valence-corrected chi connectivity index (χ3v) is 6.04. The molecule has 0 bridgehead atoms. The zero-order valence-electron chi connectivity index (χ0n) is 14.9. The number of hydrogen-bond acceptors (Lipinski definition) is 3. The lowest BCUT2D eigenvalue weighted by molar-refractivity contribution is -0.137. The number of benzene rings is 2. The van der Waals surface area contributed by atoms with Crippen LogP contribution in [0.1, 0.15) is 29.8 Å². The summed E-state index contributed by atoms with van der Waals surface area (Å²) in [5.41, 5.74) is -0.465. The van der Waals surface area contributed by atoms with Gasteiger partial charge in [-0.25, -0.2) is 8.42 Å². The van der Waals surface area contributed by atoms with Crippen molar-refractivity contribution < 1.29 is 26.4 Å². The molecule has 5 nitrogen and oxygen atoms in total. The molecule has 146 valence electrons. The van der Waals surface area contributed by atoms with Gasteiger partial charge in [-0.05, 0) is 62.4 Å². The van der Waals surface area contributed by atoms with E-state index in [1.807, 2.05) is 0 Å². The summed E-state index contributed by atoms with van der Waals surface area (Å²) in [5.74, 6) is -0.598. The number of carbonyl (C=O) groups is 1. The van der Waals surface area contributed by atoms with E-state index >= 15 is 0 Å². The predicted octanol–water partition coefficient (Wildman–Crippen LogP) is 3.99. The molecule has 0 fully saturated rings. The molecule has 0 aliphatic heterocycles. The molecule has 0 radical (unpaired) electrons. The van der Waals surface area contributed by atoms with Crippen molar-refractivity contribution in [3.8, 4) is 0 Å². The van der Waals surface area contributed by atoms with E-state index in [-0.39, 0.29) is 16.5 Å². The first-order valence-corrected chi connectivity index (χ1v) is 9.43. The first-order valence-electron chi connectivity index (χ1n) is 7.99. The molecule has 2 aromatic carbocycles. The molecule has 0 aliphatic carbocycles. The lowest BCUT2D eigenvalue weighted by atomic mass is 10.1. The van der Waals surface area contributed by atoms with Crippen molar-refractivity contribution in [1.29, 1.82) is 0 Å². The molecule has 9 heteroatoms. The highest BCUT2D eigenvalue weighted by Crippen LogP contribution is 2.29. The molecule has 0 aliphatic rings. The summed E-state index contributed by atoms with van der Waals surface area (Å²) in [6.07, 6.45) is -4.47. The summed E-state index contributed by atoms with van der Waals surface area (Å²) < 4.78 is 63.7. The minimum Gasteiger partial charge on any atom is -0.322 e. The van der Waals surface area contributed by atoms with Crippen LogP contribution in [0, 0.1) is 0 Å². The van der Waals surface area contributed by atoms with Crippen molar-refractivity contribution in [1.82, 2.24) is 4.31 Å². The van der Waals surface area contributed by atoms with E-state index in [2.05, 4.69) is 5.32 Å². The van der Waals surface area contributed by atoms with Gasteiger partial charge in [-0.3, -0.25) is 4.79 Å². The Morgan fingerprint density at radius 1 is 1.00 bits per heavy atom. The van der Waals surface area contributed by atoms with Gasteiger partial charge in [0.25, 0.3) is 5.91 Å². The van der Waals surface area contributed by atoms with Crippen molar-refractivity contribution >= 4 is 21.6 Å². The van der Waals surface area contributed by atoms with E-state index in [0.29, 0.717) is 5.69 Å². The molecule has 0 saturated heterocycles. The summed E-state index contributed by atoms with van der Waals surface area (Å²) in [7, 11) is -2.17. The molecule has 0 unspecified atom stereocenters. The standard InChI is InChI=1S/C18H19F3N2O3S/c1-12(2)23(3)27(25,26)16-10-8-15(9-11-16)22-17(24)13-4-6-14(7-5-13)18(19,20)21/h4-12H,1-3H3,(H,22,24). The molecule has 0 saturated carbocycles. The lowest BCUT2D eigenvalue weighted by Crippen LogP contribution is -2.33.